The number of benzene rings is 1. The molecule has 0 bridgehead atoms. The first-order valence-electron chi connectivity index (χ1n) is 12.0. The third-order valence-electron chi connectivity index (χ3n) is 7.53. The van der Waals surface area contributed by atoms with E-state index in [0.717, 1.165) is 19.3 Å². The number of rotatable bonds is 5. The number of ether oxygens (including phenoxy) is 2. The van der Waals surface area contributed by atoms with Crippen LogP contribution in [0.15, 0.2) is 12.1 Å². The van der Waals surface area contributed by atoms with Crippen LogP contribution in [-0.4, -0.2) is 66.7 Å². The average Bonchev–Trinajstić information content (AvgIpc) is 3.54. The number of nitrogens with zero attached hydrogens (tertiary/aromatic N) is 2. The molecular weight excluding hydrogens is 465 g/mol. The van der Waals surface area contributed by atoms with Crippen LogP contribution in [-0.2, 0) is 16.1 Å². The first-order chi connectivity index (χ1) is 16.4. The van der Waals surface area contributed by atoms with Gasteiger partial charge in [-0.15, -0.1) is 0 Å². The lowest BCUT2D eigenvalue weighted by molar-refractivity contribution is -0.136. The monoisotopic (exact) mass is 495 g/mol. The Bertz CT molecular complexity index is 938. The quantitative estimate of drug-likeness (QED) is 0.575. The van der Waals surface area contributed by atoms with E-state index in [1.165, 1.54) is 12.1 Å². The van der Waals surface area contributed by atoms with Gasteiger partial charge in [0.25, 0.3) is 0 Å². The fraction of sp³-hybridized carbons (Fsp3) is 0.652. The van der Waals surface area contributed by atoms with Gasteiger partial charge in [-0.2, -0.15) is 5.53 Å². The van der Waals surface area contributed by atoms with Crippen LogP contribution in [0.2, 0.25) is 5.02 Å². The maximum Gasteiger partial charge on any atom is 0.410 e. The van der Waals surface area contributed by atoms with Crippen molar-refractivity contribution in [2.45, 2.75) is 44.9 Å². The van der Waals surface area contributed by atoms with Crippen molar-refractivity contribution in [2.24, 2.45) is 17.8 Å². The molecule has 9 nitrogen and oxygen atoms in total. The molecule has 3 unspecified atom stereocenters. The van der Waals surface area contributed by atoms with E-state index in [-0.39, 0.29) is 41.3 Å². The third-order valence-corrected chi connectivity index (χ3v) is 7.81. The Morgan fingerprint density at radius 1 is 1.09 bits per heavy atom. The maximum atomic E-state index is 13.9. The van der Waals surface area contributed by atoms with Crippen molar-refractivity contribution >= 4 is 23.6 Å². The minimum Gasteiger partial charge on any atom is -0.493 e. The van der Waals surface area contributed by atoms with Crippen LogP contribution in [0.5, 0.6) is 5.75 Å². The molecule has 1 saturated carbocycles. The Labute approximate surface area is 203 Å². The molecule has 5 rings (SSSR count). The Morgan fingerprint density at radius 3 is 2.53 bits per heavy atom. The van der Waals surface area contributed by atoms with E-state index >= 15 is 0 Å². The molecule has 3 aliphatic heterocycles. The van der Waals surface area contributed by atoms with Crippen molar-refractivity contribution in [1.82, 2.24) is 26.2 Å². The number of likely N-dealkylation sites (tertiary alicyclic amines) is 2. The lowest BCUT2D eigenvalue weighted by Crippen LogP contribution is -2.45. The molecule has 4 fully saturated rings. The first-order valence-corrected chi connectivity index (χ1v) is 12.4. The Hall–Kier alpha value is -2.14. The van der Waals surface area contributed by atoms with Crippen LogP contribution in [0.4, 0.5) is 9.18 Å². The maximum absolute atomic E-state index is 13.9. The summed E-state index contributed by atoms with van der Waals surface area (Å²) in [5, 5.41) is -0.0362. The standard InChI is InChI=1S/C23H31ClFN5O4/c1-2-33-21-7-17(24)18(25)5-14(21)12-34-23(32)30-10-15-8-29(9-16(15)11-30)22(31)13-3-4-19-20(6-13)27-28-26-19/h5,7,13,15-16,19-20,26-28H,2-4,6,8-12H2,1H3/t13?,15-,16-,19?,20?/m0/s1. The molecule has 0 aromatic heterocycles. The van der Waals surface area contributed by atoms with Gasteiger partial charge in [0.1, 0.15) is 18.2 Å². The SMILES string of the molecule is CCOc1cc(Cl)c(F)cc1COC(=O)N1C[C@@H]2CN(C(=O)C3CCC4NNNC4C3)C[C@H]2C1. The van der Waals surface area contributed by atoms with E-state index in [9.17, 15) is 14.0 Å². The molecule has 2 amide bonds. The molecule has 1 aromatic rings. The molecule has 186 valence electrons. The van der Waals surface area contributed by atoms with Crippen LogP contribution in [0.1, 0.15) is 31.7 Å². The van der Waals surface area contributed by atoms with Crippen molar-refractivity contribution in [3.05, 3.63) is 28.5 Å². The van der Waals surface area contributed by atoms with Gasteiger partial charge in [0, 0.05) is 67.6 Å². The van der Waals surface area contributed by atoms with Crippen molar-refractivity contribution in [1.29, 1.82) is 0 Å². The van der Waals surface area contributed by atoms with Gasteiger partial charge in [0.15, 0.2) is 0 Å². The molecule has 4 aliphatic rings. The summed E-state index contributed by atoms with van der Waals surface area (Å²) in [5.41, 5.74) is 9.82. The summed E-state index contributed by atoms with van der Waals surface area (Å²) in [4.78, 5) is 29.5. The third kappa shape index (κ3) is 4.68. The predicted octanol–water partition coefficient (Wildman–Crippen LogP) is 2.05. The fourth-order valence-corrected chi connectivity index (χ4v) is 5.89. The van der Waals surface area contributed by atoms with E-state index in [1.54, 1.807) is 4.90 Å². The molecule has 5 atom stereocenters. The summed E-state index contributed by atoms with van der Waals surface area (Å²) >= 11 is 5.84. The number of halogens is 2. The largest absolute Gasteiger partial charge is 0.493 e. The number of amides is 2. The number of hydrogen-bond donors (Lipinski definition) is 3. The molecule has 3 saturated heterocycles. The Balaban J connectivity index is 1.12. The zero-order chi connectivity index (χ0) is 23.8. The summed E-state index contributed by atoms with van der Waals surface area (Å²) < 4.78 is 24.9. The fourth-order valence-electron chi connectivity index (χ4n) is 5.74. The smallest absolute Gasteiger partial charge is 0.410 e. The second-order valence-electron chi connectivity index (χ2n) is 9.67. The number of hydrogen-bond acceptors (Lipinski definition) is 7. The highest BCUT2D eigenvalue weighted by Gasteiger charge is 2.46. The molecule has 34 heavy (non-hydrogen) atoms. The zero-order valence-corrected chi connectivity index (χ0v) is 19.9. The highest BCUT2D eigenvalue weighted by Crippen LogP contribution is 2.35. The lowest BCUT2D eigenvalue weighted by atomic mass is 9.82. The van der Waals surface area contributed by atoms with E-state index in [2.05, 4.69) is 16.4 Å². The van der Waals surface area contributed by atoms with Crippen molar-refractivity contribution in [3.8, 4) is 5.75 Å². The normalized spacial score (nSPS) is 30.3. The highest BCUT2D eigenvalue weighted by molar-refractivity contribution is 6.30. The van der Waals surface area contributed by atoms with Gasteiger partial charge in [-0.05, 0) is 32.3 Å². The van der Waals surface area contributed by atoms with Crippen LogP contribution in [0, 0.1) is 23.6 Å². The minimum absolute atomic E-state index is 0.0362. The summed E-state index contributed by atoms with van der Waals surface area (Å²) in [7, 11) is 0. The highest BCUT2D eigenvalue weighted by atomic mass is 35.5. The second-order valence-corrected chi connectivity index (χ2v) is 10.1. The predicted molar refractivity (Wildman–Crippen MR) is 122 cm³/mol. The Morgan fingerprint density at radius 2 is 1.79 bits per heavy atom. The summed E-state index contributed by atoms with van der Waals surface area (Å²) in [6.07, 6.45) is 2.28. The second kappa shape index (κ2) is 9.85. The van der Waals surface area contributed by atoms with Gasteiger partial charge in [-0.25, -0.2) is 20.0 Å². The summed E-state index contributed by atoms with van der Waals surface area (Å²) in [5.74, 6) is 0.628. The van der Waals surface area contributed by atoms with Crippen LogP contribution >= 0.6 is 11.6 Å². The van der Waals surface area contributed by atoms with Gasteiger partial charge in [-0.1, -0.05) is 11.6 Å². The van der Waals surface area contributed by atoms with E-state index in [0.29, 0.717) is 50.1 Å². The van der Waals surface area contributed by atoms with Gasteiger partial charge < -0.3 is 19.3 Å². The van der Waals surface area contributed by atoms with Crippen molar-refractivity contribution in [2.75, 3.05) is 32.8 Å². The van der Waals surface area contributed by atoms with Crippen LogP contribution < -0.4 is 21.1 Å². The molecule has 0 spiro atoms. The number of carbonyl (C=O) groups is 2. The molecule has 0 radical (unpaired) electrons. The lowest BCUT2D eigenvalue weighted by Gasteiger charge is -2.32. The average molecular weight is 496 g/mol. The van der Waals surface area contributed by atoms with Gasteiger partial charge in [0.05, 0.1) is 11.6 Å². The van der Waals surface area contributed by atoms with Gasteiger partial charge in [-0.3, -0.25) is 4.79 Å². The molecule has 3 heterocycles. The van der Waals surface area contributed by atoms with E-state index < -0.39 is 11.9 Å². The molecule has 1 aromatic carbocycles. The number of carbonyl (C=O) groups excluding carboxylic acids is 2. The molecule has 11 heteroatoms. The molecular formula is C23H31ClFN5O4. The van der Waals surface area contributed by atoms with Gasteiger partial charge >= 0.3 is 6.09 Å². The number of nitrogens with one attached hydrogen (secondary N) is 3. The summed E-state index contributed by atoms with van der Waals surface area (Å²) in [6, 6.07) is 3.31. The number of hydrazine groups is 2. The Kier molecular flexibility index (Phi) is 6.83. The van der Waals surface area contributed by atoms with Crippen LogP contribution in [0.3, 0.4) is 0 Å². The topological polar surface area (TPSA) is 95.2 Å². The van der Waals surface area contributed by atoms with Crippen LogP contribution in [0.25, 0.3) is 0 Å². The van der Waals surface area contributed by atoms with E-state index in [1.807, 2.05) is 11.8 Å². The van der Waals surface area contributed by atoms with E-state index in [4.69, 9.17) is 21.1 Å². The molecule has 1 aliphatic carbocycles. The molecule has 3 N–H and O–H groups in total. The zero-order valence-electron chi connectivity index (χ0n) is 19.2. The first kappa shape index (κ1) is 23.6. The van der Waals surface area contributed by atoms with Gasteiger partial charge in [0.2, 0.25) is 5.91 Å². The van der Waals surface area contributed by atoms with Crippen molar-refractivity contribution < 1.29 is 23.5 Å². The minimum atomic E-state index is -0.582. The summed E-state index contributed by atoms with van der Waals surface area (Å²) in [6.45, 7) is 4.59. The number of fused-ring (bicyclic) bond motifs is 2. The van der Waals surface area contributed by atoms with Crippen molar-refractivity contribution in [3.63, 3.8) is 0 Å².